The first kappa shape index (κ1) is 18.2. The number of halogens is 3. The number of nitrogens with zero attached hydrogens (tertiary/aromatic N) is 1. The Labute approximate surface area is 143 Å². The molecule has 1 saturated heterocycles. The molecule has 1 aromatic rings. The third-order valence-corrected chi connectivity index (χ3v) is 7.21. The van der Waals surface area contributed by atoms with Gasteiger partial charge in [0.2, 0.25) is 10.0 Å². The van der Waals surface area contributed by atoms with Gasteiger partial charge in [0.1, 0.15) is 0 Å². The van der Waals surface area contributed by atoms with Crippen molar-refractivity contribution in [3.8, 4) is 0 Å². The molecule has 1 N–H and O–H groups in total. The lowest BCUT2D eigenvalue weighted by atomic mass is 9.81. The van der Waals surface area contributed by atoms with E-state index in [1.807, 2.05) is 0 Å². The largest absolute Gasteiger partial charge is 0.481 e. The van der Waals surface area contributed by atoms with Crippen LogP contribution in [0.1, 0.15) is 30.4 Å². The number of carbonyl (C=O) groups is 1. The third-order valence-electron chi connectivity index (χ3n) is 5.41. The lowest BCUT2D eigenvalue weighted by Crippen LogP contribution is -2.37. The molecule has 1 aliphatic heterocycles. The number of aliphatic carboxylic acids is 1. The summed E-state index contributed by atoms with van der Waals surface area (Å²) in [6, 6.07) is 2.69. The van der Waals surface area contributed by atoms with Crippen LogP contribution in [0.4, 0.5) is 13.2 Å². The van der Waals surface area contributed by atoms with Crippen LogP contribution >= 0.6 is 0 Å². The second kappa shape index (κ2) is 5.70. The van der Waals surface area contributed by atoms with Gasteiger partial charge in [0.15, 0.2) is 0 Å². The second-order valence-electron chi connectivity index (χ2n) is 6.82. The van der Waals surface area contributed by atoms with Gasteiger partial charge in [0, 0.05) is 13.1 Å². The normalized spacial score (nSPS) is 27.4. The summed E-state index contributed by atoms with van der Waals surface area (Å²) >= 11 is 0. The van der Waals surface area contributed by atoms with E-state index < -0.39 is 33.1 Å². The highest BCUT2D eigenvalue weighted by atomic mass is 32.2. The van der Waals surface area contributed by atoms with E-state index in [4.69, 9.17) is 0 Å². The number of aryl methyl sites for hydroxylation is 1. The molecule has 2 atom stereocenters. The number of hydrogen-bond donors (Lipinski definition) is 1. The molecule has 1 heterocycles. The molecule has 5 nitrogen and oxygen atoms in total. The summed E-state index contributed by atoms with van der Waals surface area (Å²) in [5.74, 6) is -1.26. The molecule has 0 unspecified atom stereocenters. The molecule has 1 saturated carbocycles. The van der Waals surface area contributed by atoms with Crippen molar-refractivity contribution in [3.63, 3.8) is 0 Å². The minimum absolute atomic E-state index is 0.0920. The van der Waals surface area contributed by atoms with Crippen LogP contribution in [0, 0.1) is 18.3 Å². The standard InChI is InChI=1S/C16H18F3NO4S/c1-10-7-12(4-5-13(10)16(17,18)19)25(23,24)20-8-11-3-2-6-15(11,9-20)14(21)22/h4-5,7,11H,2-3,6,8-9H2,1H3,(H,21,22)/t11-,15+/m0/s1. The molecule has 0 bridgehead atoms. The number of alkyl halides is 3. The average Bonchev–Trinajstić information content (AvgIpc) is 3.03. The van der Waals surface area contributed by atoms with E-state index in [0.717, 1.165) is 28.9 Å². The SMILES string of the molecule is Cc1cc(S(=O)(=O)N2C[C@@H]3CCC[C@@]3(C(=O)O)C2)ccc1C(F)(F)F. The van der Waals surface area contributed by atoms with E-state index in [9.17, 15) is 31.5 Å². The summed E-state index contributed by atoms with van der Waals surface area (Å²) < 4.78 is 65.2. The number of hydrogen-bond acceptors (Lipinski definition) is 3. The van der Waals surface area contributed by atoms with E-state index in [2.05, 4.69) is 0 Å². The van der Waals surface area contributed by atoms with Gasteiger partial charge in [-0.05, 0) is 49.4 Å². The van der Waals surface area contributed by atoms with Crippen molar-refractivity contribution in [2.45, 2.75) is 37.3 Å². The van der Waals surface area contributed by atoms with Crippen LogP contribution in [0.2, 0.25) is 0 Å². The predicted molar refractivity (Wildman–Crippen MR) is 82.3 cm³/mol. The zero-order chi connectivity index (χ0) is 18.6. The lowest BCUT2D eigenvalue weighted by Gasteiger charge is -2.23. The van der Waals surface area contributed by atoms with Gasteiger partial charge in [-0.1, -0.05) is 6.42 Å². The van der Waals surface area contributed by atoms with E-state index in [-0.39, 0.29) is 29.5 Å². The van der Waals surface area contributed by atoms with Crippen molar-refractivity contribution in [2.24, 2.45) is 11.3 Å². The summed E-state index contributed by atoms with van der Waals surface area (Å²) in [4.78, 5) is 11.4. The predicted octanol–water partition coefficient (Wildman–Crippen LogP) is 2.89. The van der Waals surface area contributed by atoms with Gasteiger partial charge < -0.3 is 5.11 Å². The molecule has 9 heteroatoms. The molecule has 25 heavy (non-hydrogen) atoms. The van der Waals surface area contributed by atoms with Crippen molar-refractivity contribution in [2.75, 3.05) is 13.1 Å². The Kier molecular flexibility index (Phi) is 4.15. The van der Waals surface area contributed by atoms with Gasteiger partial charge >= 0.3 is 12.1 Å². The third kappa shape index (κ3) is 2.83. The Bertz CT molecular complexity index is 821. The van der Waals surface area contributed by atoms with Crippen LogP contribution in [0.3, 0.4) is 0 Å². The number of sulfonamides is 1. The summed E-state index contributed by atoms with van der Waals surface area (Å²) in [5.41, 5.74) is -2.14. The fraction of sp³-hybridized carbons (Fsp3) is 0.562. The molecule has 2 aliphatic rings. The number of fused-ring (bicyclic) bond motifs is 1. The molecule has 3 rings (SSSR count). The molecular formula is C16H18F3NO4S. The van der Waals surface area contributed by atoms with E-state index in [1.54, 1.807) is 0 Å². The van der Waals surface area contributed by atoms with Gasteiger partial charge in [0.25, 0.3) is 0 Å². The first-order valence-corrected chi connectivity index (χ1v) is 9.34. The minimum atomic E-state index is -4.55. The summed E-state index contributed by atoms with van der Waals surface area (Å²) in [6.45, 7) is 1.17. The summed E-state index contributed by atoms with van der Waals surface area (Å²) in [7, 11) is -4.03. The first-order chi connectivity index (χ1) is 11.5. The van der Waals surface area contributed by atoms with Crippen molar-refractivity contribution in [3.05, 3.63) is 29.3 Å². The van der Waals surface area contributed by atoms with Crippen LogP contribution in [0.15, 0.2) is 23.1 Å². The molecule has 0 amide bonds. The fourth-order valence-electron chi connectivity index (χ4n) is 4.04. The zero-order valence-corrected chi connectivity index (χ0v) is 14.3. The molecule has 1 aliphatic carbocycles. The smallest absolute Gasteiger partial charge is 0.416 e. The molecule has 0 spiro atoms. The summed E-state index contributed by atoms with van der Waals surface area (Å²) in [6.07, 6.45) is -2.75. The van der Waals surface area contributed by atoms with Crippen molar-refractivity contribution < 1.29 is 31.5 Å². The molecule has 1 aromatic carbocycles. The molecule has 0 aromatic heterocycles. The van der Waals surface area contributed by atoms with Gasteiger partial charge in [-0.2, -0.15) is 17.5 Å². The van der Waals surface area contributed by atoms with Gasteiger partial charge in [-0.25, -0.2) is 8.42 Å². The number of carboxylic acid groups (broad SMARTS) is 1. The van der Waals surface area contributed by atoms with Crippen molar-refractivity contribution in [1.82, 2.24) is 4.31 Å². The molecule has 138 valence electrons. The number of carboxylic acids is 1. The van der Waals surface area contributed by atoms with E-state index >= 15 is 0 Å². The Hall–Kier alpha value is -1.61. The zero-order valence-electron chi connectivity index (χ0n) is 13.5. The summed E-state index contributed by atoms with van der Waals surface area (Å²) in [5, 5.41) is 9.55. The lowest BCUT2D eigenvalue weighted by molar-refractivity contribution is -0.149. The Balaban J connectivity index is 1.93. The van der Waals surface area contributed by atoms with Crippen LogP contribution in [-0.2, 0) is 21.0 Å². The van der Waals surface area contributed by atoms with Crippen LogP contribution in [0.5, 0.6) is 0 Å². The average molecular weight is 377 g/mol. The fourth-order valence-corrected chi connectivity index (χ4v) is 5.68. The number of benzene rings is 1. The molecular weight excluding hydrogens is 359 g/mol. The highest BCUT2D eigenvalue weighted by Crippen LogP contribution is 2.50. The number of rotatable bonds is 3. The quantitative estimate of drug-likeness (QED) is 0.879. The topological polar surface area (TPSA) is 74.7 Å². The Morgan fingerprint density at radius 1 is 1.36 bits per heavy atom. The van der Waals surface area contributed by atoms with Crippen LogP contribution < -0.4 is 0 Å². The molecule has 0 radical (unpaired) electrons. The minimum Gasteiger partial charge on any atom is -0.481 e. The first-order valence-electron chi connectivity index (χ1n) is 7.90. The van der Waals surface area contributed by atoms with Crippen molar-refractivity contribution in [1.29, 1.82) is 0 Å². The monoisotopic (exact) mass is 377 g/mol. The molecule has 2 fully saturated rings. The maximum Gasteiger partial charge on any atom is 0.416 e. The van der Waals surface area contributed by atoms with Crippen LogP contribution in [-0.4, -0.2) is 36.9 Å². The van der Waals surface area contributed by atoms with Gasteiger partial charge in [-0.3, -0.25) is 4.79 Å². The second-order valence-corrected chi connectivity index (χ2v) is 8.76. The van der Waals surface area contributed by atoms with E-state index in [0.29, 0.717) is 12.8 Å². The van der Waals surface area contributed by atoms with Gasteiger partial charge in [-0.15, -0.1) is 0 Å². The maximum atomic E-state index is 12.8. The Morgan fingerprint density at radius 2 is 2.04 bits per heavy atom. The van der Waals surface area contributed by atoms with Crippen molar-refractivity contribution >= 4 is 16.0 Å². The Morgan fingerprint density at radius 3 is 2.56 bits per heavy atom. The van der Waals surface area contributed by atoms with Gasteiger partial charge in [0.05, 0.1) is 15.9 Å². The van der Waals surface area contributed by atoms with Crippen LogP contribution in [0.25, 0.3) is 0 Å². The highest BCUT2D eigenvalue weighted by molar-refractivity contribution is 7.89. The highest BCUT2D eigenvalue weighted by Gasteiger charge is 2.57. The maximum absolute atomic E-state index is 12.8. The van der Waals surface area contributed by atoms with E-state index in [1.165, 1.54) is 6.92 Å².